The molecule has 126 valence electrons. The Morgan fingerprint density at radius 3 is 2.74 bits per heavy atom. The van der Waals surface area contributed by atoms with Crippen molar-refractivity contribution < 1.29 is 14.8 Å². The number of nitro groups is 1. The zero-order valence-electron chi connectivity index (χ0n) is 13.1. The van der Waals surface area contributed by atoms with Gasteiger partial charge in [-0.2, -0.15) is 0 Å². The lowest BCUT2D eigenvalue weighted by atomic mass is 10.1. The molecule has 1 saturated heterocycles. The number of likely N-dealkylation sites (tertiary alicyclic amines) is 1. The largest absolute Gasteiger partial charge is 0.394 e. The fraction of sp³-hybridized carbons (Fsp3) is 0.562. The monoisotopic (exact) mass is 321 g/mol. The van der Waals surface area contributed by atoms with Crippen LogP contribution >= 0.6 is 0 Å². The topological polar surface area (TPSA) is 95.7 Å². The number of unbranched alkanes of at least 4 members (excludes halogenated alkanes) is 1. The van der Waals surface area contributed by atoms with Crippen molar-refractivity contribution in [3.63, 3.8) is 0 Å². The summed E-state index contributed by atoms with van der Waals surface area (Å²) in [5.41, 5.74) is 1.16. The molecule has 2 amide bonds. The Kier molecular flexibility index (Phi) is 6.34. The molecule has 1 aromatic carbocycles. The standard InChI is InChI=1S/C16H23N3O4/c20-12-15-5-3-11-18(15)16(21)17-10-2-1-4-13-6-8-14(9-7-13)19(22)23/h6-9,15,20H,1-5,10-12H2,(H,17,21)/t15-/m1/s1. The van der Waals surface area contributed by atoms with Crippen molar-refractivity contribution in [1.82, 2.24) is 10.2 Å². The van der Waals surface area contributed by atoms with Crippen molar-refractivity contribution in [1.29, 1.82) is 0 Å². The van der Waals surface area contributed by atoms with Crippen molar-refractivity contribution in [3.05, 3.63) is 39.9 Å². The number of aliphatic hydroxyl groups is 1. The van der Waals surface area contributed by atoms with Crippen LogP contribution in [0.25, 0.3) is 0 Å². The molecule has 7 nitrogen and oxygen atoms in total. The first-order valence-electron chi connectivity index (χ1n) is 8.00. The minimum Gasteiger partial charge on any atom is -0.394 e. The fourth-order valence-corrected chi connectivity index (χ4v) is 2.83. The number of rotatable bonds is 7. The molecule has 7 heteroatoms. The molecule has 0 unspecified atom stereocenters. The van der Waals surface area contributed by atoms with Crippen LogP contribution in [0.4, 0.5) is 10.5 Å². The van der Waals surface area contributed by atoms with Crippen molar-refractivity contribution in [3.8, 4) is 0 Å². The Labute approximate surface area is 135 Å². The number of carbonyl (C=O) groups is 1. The summed E-state index contributed by atoms with van der Waals surface area (Å²) in [5.74, 6) is 0. The second-order valence-electron chi connectivity index (χ2n) is 5.78. The van der Waals surface area contributed by atoms with Crippen molar-refractivity contribution in [2.45, 2.75) is 38.1 Å². The van der Waals surface area contributed by atoms with Gasteiger partial charge in [0.25, 0.3) is 5.69 Å². The molecule has 0 bridgehead atoms. The number of carbonyl (C=O) groups excluding carboxylic acids is 1. The number of hydrogen-bond donors (Lipinski definition) is 2. The summed E-state index contributed by atoms with van der Waals surface area (Å²) in [6.45, 7) is 1.33. The molecule has 1 aromatic rings. The fourth-order valence-electron chi connectivity index (χ4n) is 2.83. The van der Waals surface area contributed by atoms with Crippen molar-refractivity contribution in [2.24, 2.45) is 0 Å². The predicted octanol–water partition coefficient (Wildman–Crippen LogP) is 2.08. The number of amides is 2. The molecule has 2 rings (SSSR count). The maximum Gasteiger partial charge on any atom is 0.317 e. The number of nitrogens with one attached hydrogen (secondary N) is 1. The molecule has 0 spiro atoms. The highest BCUT2D eigenvalue weighted by molar-refractivity contribution is 5.74. The van der Waals surface area contributed by atoms with E-state index in [0.29, 0.717) is 13.1 Å². The number of hydrogen-bond acceptors (Lipinski definition) is 4. The van der Waals surface area contributed by atoms with Crippen molar-refractivity contribution >= 4 is 11.7 Å². The van der Waals surface area contributed by atoms with E-state index in [2.05, 4.69) is 5.32 Å². The quantitative estimate of drug-likeness (QED) is 0.456. The molecule has 0 radical (unpaired) electrons. The van der Waals surface area contributed by atoms with E-state index in [9.17, 15) is 20.0 Å². The van der Waals surface area contributed by atoms with Gasteiger partial charge in [-0.3, -0.25) is 10.1 Å². The van der Waals surface area contributed by atoms with Crippen LogP contribution < -0.4 is 5.32 Å². The number of benzene rings is 1. The first-order valence-corrected chi connectivity index (χ1v) is 8.00. The molecule has 23 heavy (non-hydrogen) atoms. The second kappa shape index (κ2) is 8.47. The molecule has 1 fully saturated rings. The zero-order valence-corrected chi connectivity index (χ0v) is 13.1. The minimum absolute atomic E-state index is 0.0214. The first kappa shape index (κ1) is 17.2. The van der Waals surface area contributed by atoms with Crippen LogP contribution in [0.15, 0.2) is 24.3 Å². The van der Waals surface area contributed by atoms with E-state index in [4.69, 9.17) is 0 Å². The lowest BCUT2D eigenvalue weighted by Crippen LogP contribution is -2.44. The number of non-ortho nitro benzene ring substituents is 1. The lowest BCUT2D eigenvalue weighted by molar-refractivity contribution is -0.384. The van der Waals surface area contributed by atoms with Gasteiger partial charge < -0.3 is 15.3 Å². The summed E-state index contributed by atoms with van der Waals surface area (Å²) >= 11 is 0. The Balaban J connectivity index is 1.63. The maximum atomic E-state index is 12.0. The van der Waals surface area contributed by atoms with Gasteiger partial charge in [0.2, 0.25) is 0 Å². The van der Waals surface area contributed by atoms with E-state index >= 15 is 0 Å². The Morgan fingerprint density at radius 1 is 1.35 bits per heavy atom. The van der Waals surface area contributed by atoms with Gasteiger partial charge >= 0.3 is 6.03 Å². The van der Waals surface area contributed by atoms with Gasteiger partial charge in [0.05, 0.1) is 17.6 Å². The Bertz CT molecular complexity index is 533. The summed E-state index contributed by atoms with van der Waals surface area (Å²) < 4.78 is 0. The molecule has 1 heterocycles. The van der Waals surface area contributed by atoms with E-state index in [0.717, 1.165) is 37.7 Å². The number of nitrogens with zero attached hydrogens (tertiary/aromatic N) is 2. The van der Waals surface area contributed by atoms with Crippen LogP contribution in [0.2, 0.25) is 0 Å². The van der Waals surface area contributed by atoms with Gasteiger partial charge in [-0.1, -0.05) is 12.1 Å². The third-order valence-corrected chi connectivity index (χ3v) is 4.16. The normalized spacial score (nSPS) is 17.3. The molecule has 0 aliphatic carbocycles. The van der Waals surface area contributed by atoms with Gasteiger partial charge in [0.15, 0.2) is 0 Å². The summed E-state index contributed by atoms with van der Waals surface area (Å²) in [4.78, 5) is 23.9. The summed E-state index contributed by atoms with van der Waals surface area (Å²) in [7, 11) is 0. The van der Waals surface area contributed by atoms with E-state index in [-0.39, 0.29) is 24.4 Å². The highest BCUT2D eigenvalue weighted by Gasteiger charge is 2.27. The Morgan fingerprint density at radius 2 is 2.09 bits per heavy atom. The zero-order chi connectivity index (χ0) is 16.7. The van der Waals surface area contributed by atoms with Gasteiger partial charge in [0.1, 0.15) is 0 Å². The summed E-state index contributed by atoms with van der Waals surface area (Å²) in [6, 6.07) is 6.42. The molecular formula is C16H23N3O4. The molecule has 1 aliphatic heterocycles. The predicted molar refractivity (Wildman–Crippen MR) is 86.2 cm³/mol. The van der Waals surface area contributed by atoms with Crippen LogP contribution in [0.1, 0.15) is 31.2 Å². The second-order valence-corrected chi connectivity index (χ2v) is 5.78. The third kappa shape index (κ3) is 4.92. The molecule has 0 aromatic heterocycles. The molecule has 1 atom stereocenters. The maximum absolute atomic E-state index is 12.0. The first-order chi connectivity index (χ1) is 11.1. The minimum atomic E-state index is -0.405. The summed E-state index contributed by atoms with van der Waals surface area (Å²) in [5, 5.41) is 22.7. The third-order valence-electron chi connectivity index (χ3n) is 4.16. The van der Waals surface area contributed by atoms with E-state index in [1.807, 2.05) is 0 Å². The van der Waals surface area contributed by atoms with E-state index in [1.165, 1.54) is 12.1 Å². The number of aryl methyl sites for hydroxylation is 1. The van der Waals surface area contributed by atoms with Crippen LogP contribution in [-0.2, 0) is 6.42 Å². The van der Waals surface area contributed by atoms with Gasteiger partial charge in [0, 0.05) is 25.2 Å². The molecule has 0 saturated carbocycles. The lowest BCUT2D eigenvalue weighted by Gasteiger charge is -2.23. The van der Waals surface area contributed by atoms with Crippen LogP contribution in [-0.4, -0.2) is 46.7 Å². The summed E-state index contributed by atoms with van der Waals surface area (Å²) in [6.07, 6.45) is 4.39. The van der Waals surface area contributed by atoms with Crippen LogP contribution in [0.3, 0.4) is 0 Å². The van der Waals surface area contributed by atoms with E-state index in [1.54, 1.807) is 17.0 Å². The van der Waals surface area contributed by atoms with Gasteiger partial charge in [-0.15, -0.1) is 0 Å². The molecule has 1 aliphatic rings. The average Bonchev–Trinajstić information content (AvgIpc) is 3.03. The SMILES string of the molecule is O=C(NCCCCc1ccc([N+](=O)[O-])cc1)N1CCC[C@@H]1CO. The number of aliphatic hydroxyl groups excluding tert-OH is 1. The Hall–Kier alpha value is -2.15. The highest BCUT2D eigenvalue weighted by Crippen LogP contribution is 2.16. The number of urea groups is 1. The van der Waals surface area contributed by atoms with Gasteiger partial charge in [-0.25, -0.2) is 4.79 Å². The smallest absolute Gasteiger partial charge is 0.317 e. The molecule has 2 N–H and O–H groups in total. The molecular weight excluding hydrogens is 298 g/mol. The van der Waals surface area contributed by atoms with Crippen LogP contribution in [0, 0.1) is 10.1 Å². The average molecular weight is 321 g/mol. The number of nitro benzene ring substituents is 1. The van der Waals surface area contributed by atoms with Crippen LogP contribution in [0.5, 0.6) is 0 Å². The van der Waals surface area contributed by atoms with E-state index < -0.39 is 4.92 Å². The van der Waals surface area contributed by atoms with Gasteiger partial charge in [-0.05, 0) is 37.7 Å². The highest BCUT2D eigenvalue weighted by atomic mass is 16.6. The van der Waals surface area contributed by atoms with Crippen molar-refractivity contribution in [2.75, 3.05) is 19.7 Å².